The van der Waals surface area contributed by atoms with Crippen LogP contribution in [0.15, 0.2) is 41.3 Å². The van der Waals surface area contributed by atoms with Gasteiger partial charge in [0.05, 0.1) is 12.8 Å². The first kappa shape index (κ1) is 13.1. The number of nitrogen functional groups attached to an aromatic ring is 1. The largest absolute Gasteiger partial charge is 0.497 e. The van der Waals surface area contributed by atoms with Crippen LogP contribution < -0.4 is 16.0 Å². The van der Waals surface area contributed by atoms with Gasteiger partial charge in [0.1, 0.15) is 11.4 Å². The summed E-state index contributed by atoms with van der Waals surface area (Å²) in [6.45, 7) is 0. The van der Waals surface area contributed by atoms with Crippen LogP contribution in [0.3, 0.4) is 0 Å². The summed E-state index contributed by atoms with van der Waals surface area (Å²) in [5.41, 5.74) is 8.11. The minimum absolute atomic E-state index is 0.173. The van der Waals surface area contributed by atoms with E-state index in [1.54, 1.807) is 19.4 Å². The molecule has 2 aliphatic heterocycles. The molecule has 0 aromatic heterocycles. The average molecular weight is 282 g/mol. The fourth-order valence-electron chi connectivity index (χ4n) is 2.21. The van der Waals surface area contributed by atoms with Crippen LogP contribution >= 0.6 is 0 Å². The van der Waals surface area contributed by atoms with Crippen molar-refractivity contribution in [3.8, 4) is 17.1 Å². The number of nitrogens with zero attached hydrogens (tertiary/aromatic N) is 2. The number of fused-ring (bicyclic) bond motifs is 1. The normalized spacial score (nSPS) is 10.7. The average Bonchev–Trinajstić information content (AvgIpc) is 2.79. The number of methoxy groups -OCH3 is 1. The lowest BCUT2D eigenvalue weighted by Gasteiger charge is -2.03. The fraction of sp³-hybridized carbons (Fsp3) is 0.133. The van der Waals surface area contributed by atoms with Gasteiger partial charge in [0.15, 0.2) is 0 Å². The molecule has 106 valence electrons. The summed E-state index contributed by atoms with van der Waals surface area (Å²) in [5, 5.41) is 0. The molecule has 6 nitrogen and oxygen atoms in total. The van der Waals surface area contributed by atoms with E-state index in [-0.39, 0.29) is 11.5 Å². The molecule has 6 heteroatoms. The Labute approximate surface area is 121 Å². The van der Waals surface area contributed by atoms with Gasteiger partial charge >= 0.3 is 0 Å². The number of nitrogens with one attached hydrogen (secondary N) is 1. The highest BCUT2D eigenvalue weighted by molar-refractivity contribution is 5.63. The second-order valence-electron chi connectivity index (χ2n) is 4.63. The van der Waals surface area contributed by atoms with Crippen molar-refractivity contribution in [3.63, 3.8) is 0 Å². The highest BCUT2D eigenvalue weighted by Crippen LogP contribution is 2.23. The number of imidazole rings is 1. The van der Waals surface area contributed by atoms with E-state index >= 15 is 0 Å². The van der Waals surface area contributed by atoms with Crippen molar-refractivity contribution in [2.75, 3.05) is 12.8 Å². The Kier molecular flexibility index (Phi) is 3.27. The molecule has 0 radical (unpaired) electrons. The van der Waals surface area contributed by atoms with Crippen LogP contribution in [-0.2, 0) is 6.42 Å². The van der Waals surface area contributed by atoms with E-state index < -0.39 is 0 Å². The third-order valence-corrected chi connectivity index (χ3v) is 3.26. The number of ether oxygens (including phenoxy) is 1. The maximum atomic E-state index is 12.2. The molecule has 0 bridgehead atoms. The van der Waals surface area contributed by atoms with Crippen LogP contribution in [0.25, 0.3) is 11.4 Å². The first-order valence-electron chi connectivity index (χ1n) is 6.44. The van der Waals surface area contributed by atoms with Crippen LogP contribution in [0, 0.1) is 0 Å². The van der Waals surface area contributed by atoms with Crippen molar-refractivity contribution >= 4 is 5.95 Å². The molecule has 0 fully saturated rings. The summed E-state index contributed by atoms with van der Waals surface area (Å²) in [7, 11) is 1.61. The number of benzene rings is 1. The predicted octanol–water partition coefficient (Wildman–Crippen LogP) is 1.45. The molecule has 0 saturated heterocycles. The Balaban J connectivity index is 2.06. The lowest BCUT2D eigenvalue weighted by molar-refractivity contribution is 0.414. The van der Waals surface area contributed by atoms with Crippen LogP contribution in [0.2, 0.25) is 0 Å². The molecule has 1 aromatic rings. The number of rotatable bonds is 3. The third kappa shape index (κ3) is 2.55. The minimum atomic E-state index is -0.194. The van der Waals surface area contributed by atoms with E-state index in [4.69, 9.17) is 10.5 Å². The molecule has 0 unspecified atom stereocenters. The molecule has 0 atom stereocenters. The quantitative estimate of drug-likeness (QED) is 0.758. The van der Waals surface area contributed by atoms with Crippen LogP contribution in [0.1, 0.15) is 11.1 Å². The molecular weight excluding hydrogens is 268 g/mol. The molecule has 21 heavy (non-hydrogen) atoms. The summed E-state index contributed by atoms with van der Waals surface area (Å²) < 4.78 is 5.12. The van der Waals surface area contributed by atoms with Crippen molar-refractivity contribution in [2.24, 2.45) is 0 Å². The van der Waals surface area contributed by atoms with Gasteiger partial charge in [-0.25, -0.2) is 9.97 Å². The van der Waals surface area contributed by atoms with Gasteiger partial charge in [-0.05, 0) is 23.8 Å². The molecule has 2 heterocycles. The first-order chi connectivity index (χ1) is 10.2. The van der Waals surface area contributed by atoms with E-state index in [1.807, 2.05) is 24.3 Å². The molecular formula is C15H14N4O2. The van der Waals surface area contributed by atoms with E-state index in [1.165, 1.54) is 0 Å². The molecule has 3 rings (SSSR count). The zero-order valence-corrected chi connectivity index (χ0v) is 11.5. The SMILES string of the molecule is COc1ccc(Cc2c3nc(N)nc-3cc[nH]c2=O)cc1. The number of hydrogen-bond donors (Lipinski definition) is 2. The van der Waals surface area contributed by atoms with Gasteiger partial charge in [-0.2, -0.15) is 0 Å². The highest BCUT2D eigenvalue weighted by atomic mass is 16.5. The topological polar surface area (TPSA) is 93.9 Å². The maximum Gasteiger partial charge on any atom is 0.253 e. The number of nitrogens with two attached hydrogens (primary N) is 1. The summed E-state index contributed by atoms with van der Waals surface area (Å²) in [6.07, 6.45) is 2.00. The van der Waals surface area contributed by atoms with Gasteiger partial charge in [-0.1, -0.05) is 12.1 Å². The summed E-state index contributed by atoms with van der Waals surface area (Å²) in [6, 6.07) is 9.23. The van der Waals surface area contributed by atoms with Gasteiger partial charge in [-0.15, -0.1) is 0 Å². The summed E-state index contributed by atoms with van der Waals surface area (Å²) in [5.74, 6) is 0.945. The van der Waals surface area contributed by atoms with E-state index in [0.717, 1.165) is 11.3 Å². The van der Waals surface area contributed by atoms with E-state index in [0.29, 0.717) is 23.4 Å². The number of hydrogen-bond acceptors (Lipinski definition) is 5. The molecule has 0 aliphatic carbocycles. The van der Waals surface area contributed by atoms with Crippen LogP contribution in [0.5, 0.6) is 5.75 Å². The van der Waals surface area contributed by atoms with Crippen molar-refractivity contribution in [2.45, 2.75) is 6.42 Å². The van der Waals surface area contributed by atoms with Gasteiger partial charge < -0.3 is 15.5 Å². The predicted molar refractivity (Wildman–Crippen MR) is 79.5 cm³/mol. The summed E-state index contributed by atoms with van der Waals surface area (Å²) >= 11 is 0. The van der Waals surface area contributed by atoms with Crippen molar-refractivity contribution in [1.82, 2.24) is 15.0 Å². The molecule has 3 N–H and O–H groups in total. The Bertz CT molecular complexity index is 796. The van der Waals surface area contributed by atoms with Gasteiger partial charge in [0.25, 0.3) is 5.56 Å². The molecule has 2 aliphatic rings. The minimum Gasteiger partial charge on any atom is -0.497 e. The lowest BCUT2D eigenvalue weighted by atomic mass is 10.0. The second kappa shape index (κ2) is 5.24. The van der Waals surface area contributed by atoms with Gasteiger partial charge in [-0.3, -0.25) is 4.79 Å². The Morgan fingerprint density at radius 3 is 2.67 bits per heavy atom. The lowest BCUT2D eigenvalue weighted by Crippen LogP contribution is -2.11. The number of H-pyrrole nitrogens is 1. The zero-order chi connectivity index (χ0) is 14.8. The fourth-order valence-corrected chi connectivity index (χ4v) is 2.21. The zero-order valence-electron chi connectivity index (χ0n) is 11.5. The first-order valence-corrected chi connectivity index (χ1v) is 6.44. The van der Waals surface area contributed by atoms with E-state index in [2.05, 4.69) is 15.0 Å². The van der Waals surface area contributed by atoms with Crippen molar-refractivity contribution < 1.29 is 4.74 Å². The Morgan fingerprint density at radius 2 is 1.95 bits per heavy atom. The van der Waals surface area contributed by atoms with Crippen LogP contribution in [-0.4, -0.2) is 22.1 Å². The van der Waals surface area contributed by atoms with Gasteiger partial charge in [0, 0.05) is 18.2 Å². The Morgan fingerprint density at radius 1 is 1.19 bits per heavy atom. The molecule has 0 saturated carbocycles. The smallest absolute Gasteiger partial charge is 0.253 e. The van der Waals surface area contributed by atoms with Gasteiger partial charge in [0.2, 0.25) is 5.95 Å². The maximum absolute atomic E-state index is 12.2. The van der Waals surface area contributed by atoms with Crippen molar-refractivity contribution in [3.05, 3.63) is 58.0 Å². The molecule has 0 spiro atoms. The Hall–Kier alpha value is -2.89. The second-order valence-corrected chi connectivity index (χ2v) is 4.63. The highest BCUT2D eigenvalue weighted by Gasteiger charge is 2.16. The summed E-state index contributed by atoms with van der Waals surface area (Å²) in [4.78, 5) is 23.1. The number of anilines is 1. The standard InChI is InChI=1S/C15H14N4O2/c1-21-10-4-2-9(3-5-10)8-11-13-12(18-15(16)19-13)6-7-17-14(11)20/h2-7H,8H2,1H3,(H,17,20)(H2,16,18,19). The molecule has 0 amide bonds. The number of aromatic nitrogens is 3. The number of aromatic amines is 1. The van der Waals surface area contributed by atoms with Crippen LogP contribution in [0.4, 0.5) is 5.95 Å². The third-order valence-electron chi connectivity index (χ3n) is 3.26. The molecule has 1 aromatic carbocycles. The van der Waals surface area contributed by atoms with Crippen molar-refractivity contribution in [1.29, 1.82) is 0 Å². The monoisotopic (exact) mass is 282 g/mol. The van der Waals surface area contributed by atoms with E-state index in [9.17, 15) is 4.79 Å².